The number of halogens is 1. The van der Waals surface area contributed by atoms with E-state index in [0.29, 0.717) is 18.7 Å². The number of likely N-dealkylation sites (tertiary alicyclic amines) is 1. The zero-order valence-electron chi connectivity index (χ0n) is 12.5. The minimum atomic E-state index is -0.774. The maximum Gasteiger partial charge on any atom is 0.308 e. The first-order valence-electron chi connectivity index (χ1n) is 6.94. The number of aliphatic carboxylic acids is 1. The molecule has 0 unspecified atom stereocenters. The molecule has 1 fully saturated rings. The summed E-state index contributed by atoms with van der Waals surface area (Å²) in [5, 5.41) is 9.45. The summed E-state index contributed by atoms with van der Waals surface area (Å²) in [7, 11) is 0. The molecule has 4 heteroatoms. The average molecular weight is 279 g/mol. The van der Waals surface area contributed by atoms with E-state index in [1.807, 2.05) is 0 Å². The third-order valence-corrected chi connectivity index (χ3v) is 4.20. The topological polar surface area (TPSA) is 40.5 Å². The van der Waals surface area contributed by atoms with Gasteiger partial charge in [-0.15, -0.1) is 0 Å². The number of nitrogens with zero attached hydrogens (tertiary/aromatic N) is 1. The lowest BCUT2D eigenvalue weighted by molar-refractivity contribution is -0.141. The Bertz CT molecular complexity index is 522. The third kappa shape index (κ3) is 2.85. The Hall–Kier alpha value is -1.42. The van der Waals surface area contributed by atoms with Crippen LogP contribution >= 0.6 is 0 Å². The zero-order valence-corrected chi connectivity index (χ0v) is 12.5. The molecular weight excluding hydrogens is 257 g/mol. The van der Waals surface area contributed by atoms with Crippen molar-refractivity contribution in [3.8, 4) is 0 Å². The van der Waals surface area contributed by atoms with E-state index >= 15 is 0 Å². The van der Waals surface area contributed by atoms with Crippen LogP contribution in [0.1, 0.15) is 37.8 Å². The molecule has 110 valence electrons. The Kier molecular flexibility index (Phi) is 3.87. The second kappa shape index (κ2) is 5.17. The van der Waals surface area contributed by atoms with Gasteiger partial charge in [-0.3, -0.25) is 9.69 Å². The molecule has 0 aliphatic carbocycles. The predicted molar refractivity (Wildman–Crippen MR) is 76.3 cm³/mol. The number of carboxylic acids is 1. The fourth-order valence-corrected chi connectivity index (χ4v) is 2.84. The minimum absolute atomic E-state index is 0.0580. The van der Waals surface area contributed by atoms with E-state index in [4.69, 9.17) is 0 Å². The molecule has 1 saturated heterocycles. The summed E-state index contributed by atoms with van der Waals surface area (Å²) in [4.78, 5) is 13.7. The molecule has 20 heavy (non-hydrogen) atoms. The lowest BCUT2D eigenvalue weighted by Crippen LogP contribution is -2.40. The first kappa shape index (κ1) is 15.0. The maximum absolute atomic E-state index is 13.4. The van der Waals surface area contributed by atoms with Gasteiger partial charge in [-0.05, 0) is 44.9 Å². The molecule has 1 N–H and O–H groups in total. The highest BCUT2D eigenvalue weighted by Crippen LogP contribution is 2.36. The smallest absolute Gasteiger partial charge is 0.308 e. The van der Waals surface area contributed by atoms with Crippen molar-refractivity contribution in [2.45, 2.75) is 39.2 Å². The fourth-order valence-electron chi connectivity index (χ4n) is 2.84. The van der Waals surface area contributed by atoms with Crippen LogP contribution in [-0.4, -0.2) is 34.6 Å². The van der Waals surface area contributed by atoms with E-state index in [1.54, 1.807) is 19.1 Å². The van der Waals surface area contributed by atoms with Crippen LogP contribution in [0.15, 0.2) is 18.2 Å². The molecule has 1 aliphatic heterocycles. The van der Waals surface area contributed by atoms with E-state index in [-0.39, 0.29) is 17.3 Å². The van der Waals surface area contributed by atoms with Gasteiger partial charge in [0.15, 0.2) is 0 Å². The molecule has 1 aliphatic rings. The molecular formula is C16H22FNO2. The highest BCUT2D eigenvalue weighted by Gasteiger charge is 2.42. The first-order valence-corrected chi connectivity index (χ1v) is 6.94. The summed E-state index contributed by atoms with van der Waals surface area (Å²) in [6.45, 7) is 9.22. The Morgan fingerprint density at radius 2 is 2.00 bits per heavy atom. The van der Waals surface area contributed by atoms with Crippen LogP contribution in [0, 0.1) is 18.7 Å². The Morgan fingerprint density at radius 1 is 1.35 bits per heavy atom. The van der Waals surface area contributed by atoms with Gasteiger partial charge in [0.05, 0.1) is 5.92 Å². The Morgan fingerprint density at radius 3 is 2.50 bits per heavy atom. The second-order valence-corrected chi connectivity index (χ2v) is 6.64. The minimum Gasteiger partial charge on any atom is -0.481 e. The summed E-state index contributed by atoms with van der Waals surface area (Å²) < 4.78 is 13.4. The van der Waals surface area contributed by atoms with Crippen LogP contribution in [0.3, 0.4) is 0 Å². The molecule has 2 rings (SSSR count). The molecule has 3 nitrogen and oxygen atoms in total. The largest absolute Gasteiger partial charge is 0.481 e. The molecule has 0 aromatic heterocycles. The molecule has 0 bridgehead atoms. The zero-order chi connectivity index (χ0) is 15.1. The number of hydrogen-bond donors (Lipinski definition) is 1. The quantitative estimate of drug-likeness (QED) is 0.904. The van der Waals surface area contributed by atoms with Gasteiger partial charge in [0.2, 0.25) is 0 Å². The molecule has 0 amide bonds. The first-order chi connectivity index (χ1) is 9.20. The molecule has 0 saturated carbocycles. The summed E-state index contributed by atoms with van der Waals surface area (Å²) in [6.07, 6.45) is 0. The lowest BCUT2D eigenvalue weighted by Gasteiger charge is -2.31. The van der Waals surface area contributed by atoms with Crippen molar-refractivity contribution in [2.75, 3.05) is 13.1 Å². The number of benzene rings is 1. The van der Waals surface area contributed by atoms with Crippen molar-refractivity contribution in [1.82, 2.24) is 4.90 Å². The van der Waals surface area contributed by atoms with Gasteiger partial charge in [-0.1, -0.05) is 12.1 Å². The van der Waals surface area contributed by atoms with E-state index < -0.39 is 11.9 Å². The number of carboxylic acid groups (broad SMARTS) is 1. The van der Waals surface area contributed by atoms with Crippen molar-refractivity contribution in [1.29, 1.82) is 0 Å². The fraction of sp³-hybridized carbons (Fsp3) is 0.562. The number of aryl methyl sites for hydroxylation is 1. The number of rotatable bonds is 2. The van der Waals surface area contributed by atoms with Gasteiger partial charge in [-0.2, -0.15) is 0 Å². The lowest BCUT2D eigenvalue weighted by atomic mass is 9.88. The maximum atomic E-state index is 13.4. The SMILES string of the molecule is Cc1cc([C@H]2CN(C(C)(C)C)C[C@@H]2C(=O)O)ccc1F. The van der Waals surface area contributed by atoms with Gasteiger partial charge >= 0.3 is 5.97 Å². The van der Waals surface area contributed by atoms with Crippen molar-refractivity contribution in [3.63, 3.8) is 0 Å². The van der Waals surface area contributed by atoms with E-state index in [1.165, 1.54) is 6.07 Å². The van der Waals surface area contributed by atoms with Crippen LogP contribution in [0.4, 0.5) is 4.39 Å². The monoisotopic (exact) mass is 279 g/mol. The van der Waals surface area contributed by atoms with Gasteiger partial charge in [0.25, 0.3) is 0 Å². The van der Waals surface area contributed by atoms with Gasteiger partial charge in [0.1, 0.15) is 5.82 Å². The highest BCUT2D eigenvalue weighted by atomic mass is 19.1. The molecule has 1 heterocycles. The second-order valence-electron chi connectivity index (χ2n) is 6.64. The van der Waals surface area contributed by atoms with Gasteiger partial charge in [0, 0.05) is 24.5 Å². The van der Waals surface area contributed by atoms with Crippen LogP contribution in [-0.2, 0) is 4.79 Å². The summed E-state index contributed by atoms with van der Waals surface area (Å²) >= 11 is 0. The molecule has 2 atom stereocenters. The van der Waals surface area contributed by atoms with Gasteiger partial charge in [-0.25, -0.2) is 4.39 Å². The van der Waals surface area contributed by atoms with E-state index in [2.05, 4.69) is 25.7 Å². The summed E-state index contributed by atoms with van der Waals surface area (Å²) in [6, 6.07) is 4.93. The van der Waals surface area contributed by atoms with Crippen molar-refractivity contribution in [2.24, 2.45) is 5.92 Å². The normalized spacial score (nSPS) is 24.1. The molecule has 0 spiro atoms. The molecule has 1 aromatic rings. The third-order valence-electron chi connectivity index (χ3n) is 4.20. The molecule has 0 radical (unpaired) electrons. The molecule has 1 aromatic carbocycles. The van der Waals surface area contributed by atoms with Crippen molar-refractivity contribution < 1.29 is 14.3 Å². The standard InChI is InChI=1S/C16H22FNO2/c1-10-7-11(5-6-14(10)17)12-8-18(16(2,3)4)9-13(12)15(19)20/h5-7,12-13H,8-9H2,1-4H3,(H,19,20)/t12-,13+/m1/s1. The van der Waals surface area contributed by atoms with Crippen LogP contribution in [0.5, 0.6) is 0 Å². The van der Waals surface area contributed by atoms with E-state index in [9.17, 15) is 14.3 Å². The Labute approximate surface area is 119 Å². The van der Waals surface area contributed by atoms with Crippen LogP contribution in [0.2, 0.25) is 0 Å². The predicted octanol–water partition coefficient (Wildman–Crippen LogP) is 3.03. The number of carbonyl (C=O) groups is 1. The van der Waals surface area contributed by atoms with Crippen molar-refractivity contribution in [3.05, 3.63) is 35.1 Å². The summed E-state index contributed by atoms with van der Waals surface area (Å²) in [5.41, 5.74) is 1.43. The average Bonchev–Trinajstić information content (AvgIpc) is 2.77. The van der Waals surface area contributed by atoms with Crippen molar-refractivity contribution >= 4 is 5.97 Å². The van der Waals surface area contributed by atoms with Crippen LogP contribution < -0.4 is 0 Å². The Balaban J connectivity index is 2.32. The highest BCUT2D eigenvalue weighted by molar-refractivity contribution is 5.72. The number of hydrogen-bond acceptors (Lipinski definition) is 2. The summed E-state index contributed by atoms with van der Waals surface area (Å²) in [5.74, 6) is -1.53. The van der Waals surface area contributed by atoms with E-state index in [0.717, 1.165) is 5.56 Å². The van der Waals surface area contributed by atoms with Gasteiger partial charge < -0.3 is 5.11 Å². The van der Waals surface area contributed by atoms with Crippen LogP contribution in [0.25, 0.3) is 0 Å².